The zero-order chi connectivity index (χ0) is 15.9. The summed E-state index contributed by atoms with van der Waals surface area (Å²) in [5.74, 6) is -0.658. The lowest BCUT2D eigenvalue weighted by atomic mass is 10.2. The molecule has 8 heteroatoms. The van der Waals surface area contributed by atoms with Gasteiger partial charge in [0.05, 0.1) is 6.61 Å². The van der Waals surface area contributed by atoms with Crippen molar-refractivity contribution in [1.82, 2.24) is 5.32 Å². The molecule has 0 saturated carbocycles. The molecule has 0 fully saturated rings. The Labute approximate surface area is 119 Å². The van der Waals surface area contributed by atoms with Gasteiger partial charge >= 0.3 is 6.18 Å². The van der Waals surface area contributed by atoms with E-state index in [1.807, 2.05) is 0 Å². The predicted molar refractivity (Wildman–Crippen MR) is 70.0 cm³/mol. The number of benzene rings is 1. The number of nitrogens with one attached hydrogen (secondary N) is 2. The van der Waals surface area contributed by atoms with Gasteiger partial charge in [0.15, 0.2) is 0 Å². The predicted octanol–water partition coefficient (Wildman–Crippen LogP) is 1.95. The van der Waals surface area contributed by atoms with Crippen molar-refractivity contribution in [2.45, 2.75) is 13.1 Å². The maximum atomic E-state index is 11.8. The topological polar surface area (TPSA) is 67.4 Å². The summed E-state index contributed by atoms with van der Waals surface area (Å²) in [5, 5.41) is 4.97. The molecular weight excluding hydrogens is 289 g/mol. The Bertz CT molecular complexity index is 486. The average Bonchev–Trinajstić information content (AvgIpc) is 2.37. The summed E-state index contributed by atoms with van der Waals surface area (Å²) in [4.78, 5) is 22.5. The number of ether oxygens (including phenoxy) is 1. The first kappa shape index (κ1) is 17.0. The van der Waals surface area contributed by atoms with Crippen LogP contribution < -0.4 is 10.6 Å². The van der Waals surface area contributed by atoms with Gasteiger partial charge in [0, 0.05) is 24.7 Å². The summed E-state index contributed by atoms with van der Waals surface area (Å²) in [6, 6.07) is 6.10. The summed E-state index contributed by atoms with van der Waals surface area (Å²) in [5.41, 5.74) is 0.882. The lowest BCUT2D eigenvalue weighted by Crippen LogP contribution is -2.28. The molecule has 0 radical (unpaired) electrons. The quantitative estimate of drug-likeness (QED) is 0.789. The van der Waals surface area contributed by atoms with Crippen LogP contribution in [0.2, 0.25) is 0 Å². The molecule has 0 aliphatic heterocycles. The van der Waals surface area contributed by atoms with Gasteiger partial charge < -0.3 is 15.4 Å². The van der Waals surface area contributed by atoms with Crippen molar-refractivity contribution >= 4 is 17.5 Å². The Morgan fingerprint density at radius 1 is 1.19 bits per heavy atom. The number of hydrogen-bond acceptors (Lipinski definition) is 3. The number of carbonyl (C=O) groups is 2. The Morgan fingerprint density at radius 2 is 1.81 bits per heavy atom. The zero-order valence-corrected chi connectivity index (χ0v) is 11.3. The molecule has 1 rings (SSSR count). The van der Waals surface area contributed by atoms with E-state index < -0.39 is 18.7 Å². The highest BCUT2D eigenvalue weighted by Gasteiger charge is 2.27. The molecular formula is C13H15F3N2O3. The number of hydrogen-bond donors (Lipinski definition) is 2. The molecule has 0 atom stereocenters. The van der Waals surface area contributed by atoms with Crippen LogP contribution in [0.5, 0.6) is 0 Å². The second kappa shape index (κ2) is 7.63. The van der Waals surface area contributed by atoms with Crippen LogP contribution in [-0.4, -0.2) is 37.7 Å². The van der Waals surface area contributed by atoms with E-state index in [-0.39, 0.29) is 19.1 Å². The third-order valence-electron chi connectivity index (χ3n) is 2.27. The molecule has 0 heterocycles. The van der Waals surface area contributed by atoms with Crippen LogP contribution >= 0.6 is 0 Å². The van der Waals surface area contributed by atoms with Gasteiger partial charge in [-0.15, -0.1) is 0 Å². The van der Waals surface area contributed by atoms with Crippen LogP contribution in [0.15, 0.2) is 24.3 Å². The Hall–Kier alpha value is -2.09. The van der Waals surface area contributed by atoms with Gasteiger partial charge in [0.25, 0.3) is 5.91 Å². The molecule has 2 N–H and O–H groups in total. The smallest absolute Gasteiger partial charge is 0.370 e. The Kier molecular flexibility index (Phi) is 6.16. The van der Waals surface area contributed by atoms with Crippen LogP contribution in [-0.2, 0) is 9.53 Å². The van der Waals surface area contributed by atoms with Gasteiger partial charge in [-0.1, -0.05) is 0 Å². The second-order valence-electron chi connectivity index (χ2n) is 4.18. The van der Waals surface area contributed by atoms with E-state index in [0.29, 0.717) is 11.3 Å². The molecule has 1 aromatic rings. The number of halogens is 3. The minimum Gasteiger partial charge on any atom is -0.370 e. The van der Waals surface area contributed by atoms with E-state index in [1.54, 1.807) is 12.1 Å². The fraction of sp³-hybridized carbons (Fsp3) is 0.385. The molecule has 5 nitrogen and oxygen atoms in total. The molecule has 21 heavy (non-hydrogen) atoms. The molecule has 0 aromatic heterocycles. The Balaban J connectivity index is 2.33. The van der Waals surface area contributed by atoms with Crippen LogP contribution in [0.25, 0.3) is 0 Å². The fourth-order valence-electron chi connectivity index (χ4n) is 1.43. The minimum absolute atomic E-state index is 0.0254. The van der Waals surface area contributed by atoms with E-state index in [9.17, 15) is 22.8 Å². The van der Waals surface area contributed by atoms with E-state index in [2.05, 4.69) is 15.4 Å². The maximum Gasteiger partial charge on any atom is 0.411 e. The van der Waals surface area contributed by atoms with E-state index in [0.717, 1.165) is 0 Å². The van der Waals surface area contributed by atoms with Crippen molar-refractivity contribution < 1.29 is 27.5 Å². The van der Waals surface area contributed by atoms with Crippen molar-refractivity contribution in [3.05, 3.63) is 29.8 Å². The summed E-state index contributed by atoms with van der Waals surface area (Å²) < 4.78 is 39.7. The lowest BCUT2D eigenvalue weighted by Gasteiger charge is -2.09. The Morgan fingerprint density at radius 3 is 2.33 bits per heavy atom. The first-order valence-electron chi connectivity index (χ1n) is 6.08. The lowest BCUT2D eigenvalue weighted by molar-refractivity contribution is -0.173. The normalized spacial score (nSPS) is 11.0. The van der Waals surface area contributed by atoms with Crippen molar-refractivity contribution in [3.63, 3.8) is 0 Å². The van der Waals surface area contributed by atoms with Gasteiger partial charge in [0.2, 0.25) is 5.91 Å². The summed E-state index contributed by atoms with van der Waals surface area (Å²) in [6.07, 6.45) is -4.37. The fourth-order valence-corrected chi connectivity index (χ4v) is 1.43. The standard InChI is InChI=1S/C13H15F3N2O3/c1-9(19)18-11-4-2-10(3-5-11)12(20)17-6-7-21-8-13(14,15)16/h2-5H,6-8H2,1H3,(H,17,20)(H,18,19). The van der Waals surface area contributed by atoms with Crippen molar-refractivity contribution in [3.8, 4) is 0 Å². The van der Waals surface area contributed by atoms with Gasteiger partial charge in [-0.25, -0.2) is 0 Å². The highest BCUT2D eigenvalue weighted by atomic mass is 19.4. The summed E-state index contributed by atoms with van der Waals surface area (Å²) in [7, 11) is 0. The summed E-state index contributed by atoms with van der Waals surface area (Å²) >= 11 is 0. The van der Waals surface area contributed by atoms with Gasteiger partial charge in [0.1, 0.15) is 6.61 Å². The van der Waals surface area contributed by atoms with Crippen molar-refractivity contribution in [2.24, 2.45) is 0 Å². The van der Waals surface area contributed by atoms with E-state index in [4.69, 9.17) is 0 Å². The van der Waals surface area contributed by atoms with Crippen LogP contribution in [0.4, 0.5) is 18.9 Å². The molecule has 0 saturated heterocycles. The molecule has 1 aromatic carbocycles. The highest BCUT2D eigenvalue weighted by molar-refractivity contribution is 5.95. The van der Waals surface area contributed by atoms with Gasteiger partial charge in [-0.3, -0.25) is 9.59 Å². The molecule has 2 amide bonds. The average molecular weight is 304 g/mol. The number of rotatable bonds is 6. The molecule has 0 bridgehead atoms. The van der Waals surface area contributed by atoms with Crippen molar-refractivity contribution in [2.75, 3.05) is 25.1 Å². The van der Waals surface area contributed by atoms with E-state index >= 15 is 0 Å². The number of carbonyl (C=O) groups excluding carboxylic acids is 2. The van der Waals surface area contributed by atoms with Gasteiger partial charge in [-0.2, -0.15) is 13.2 Å². The molecule has 116 valence electrons. The van der Waals surface area contributed by atoms with E-state index in [1.165, 1.54) is 19.1 Å². The van der Waals surface area contributed by atoms with Gasteiger partial charge in [-0.05, 0) is 24.3 Å². The maximum absolute atomic E-state index is 11.8. The van der Waals surface area contributed by atoms with Crippen molar-refractivity contribution in [1.29, 1.82) is 0 Å². The number of alkyl halides is 3. The number of anilines is 1. The largest absolute Gasteiger partial charge is 0.411 e. The zero-order valence-electron chi connectivity index (χ0n) is 11.3. The highest BCUT2D eigenvalue weighted by Crippen LogP contribution is 2.14. The second-order valence-corrected chi connectivity index (χ2v) is 4.18. The first-order valence-corrected chi connectivity index (χ1v) is 6.08. The van der Waals surface area contributed by atoms with Crippen LogP contribution in [0, 0.1) is 0 Å². The monoisotopic (exact) mass is 304 g/mol. The third kappa shape index (κ3) is 7.31. The third-order valence-corrected chi connectivity index (χ3v) is 2.27. The first-order chi connectivity index (χ1) is 9.78. The number of amides is 2. The molecule has 0 spiro atoms. The molecule has 0 aliphatic rings. The van der Waals surface area contributed by atoms with Crippen LogP contribution in [0.1, 0.15) is 17.3 Å². The molecule has 0 aliphatic carbocycles. The molecule has 0 unspecified atom stereocenters. The summed E-state index contributed by atoms with van der Waals surface area (Å²) in [6.45, 7) is -0.229. The minimum atomic E-state index is -4.37. The SMILES string of the molecule is CC(=O)Nc1ccc(C(=O)NCCOCC(F)(F)F)cc1. The van der Waals surface area contributed by atoms with Crippen LogP contribution in [0.3, 0.4) is 0 Å².